The first-order valence-electron chi connectivity index (χ1n) is 10.5. The molecular formula is C23H31N7O2. The summed E-state index contributed by atoms with van der Waals surface area (Å²) < 4.78 is 10.9. The van der Waals surface area contributed by atoms with Crippen molar-refractivity contribution < 1.29 is 9.47 Å². The zero-order valence-electron chi connectivity index (χ0n) is 18.7. The smallest absolute Gasteiger partial charge is 0.123 e. The number of allylic oxidation sites excluding steroid dienone is 6. The third-order valence-electron chi connectivity index (χ3n) is 5.07. The fraction of sp³-hybridized carbons (Fsp3) is 0.348. The molecule has 7 N–H and O–H groups in total. The molecule has 3 aliphatic rings. The SMILES string of the molecule is CN=CC(C1=CNC2=CC=C(NC(=N)C=C(C=N)C(C)C)NC2=C1)=C(N)COC1COC1. The van der Waals surface area contributed by atoms with E-state index in [1.165, 1.54) is 6.21 Å². The minimum atomic E-state index is 0.0896. The number of amidine groups is 1. The van der Waals surface area contributed by atoms with Crippen LogP contribution in [0.3, 0.4) is 0 Å². The molecule has 9 heteroatoms. The monoisotopic (exact) mass is 437 g/mol. The molecule has 0 unspecified atom stereocenters. The molecule has 1 fully saturated rings. The van der Waals surface area contributed by atoms with Crippen molar-refractivity contribution in [1.82, 2.24) is 16.0 Å². The second kappa shape index (κ2) is 10.7. The van der Waals surface area contributed by atoms with Gasteiger partial charge in [-0.2, -0.15) is 0 Å². The number of hydrogen-bond acceptors (Lipinski definition) is 8. The summed E-state index contributed by atoms with van der Waals surface area (Å²) in [7, 11) is 1.70. The van der Waals surface area contributed by atoms with Gasteiger partial charge < -0.3 is 36.6 Å². The Kier molecular flexibility index (Phi) is 7.80. The molecule has 32 heavy (non-hydrogen) atoms. The fourth-order valence-corrected chi connectivity index (χ4v) is 3.12. The molecule has 0 aromatic rings. The van der Waals surface area contributed by atoms with Crippen molar-refractivity contribution in [1.29, 1.82) is 10.8 Å². The topological polar surface area (TPSA) is 141 Å². The molecule has 9 nitrogen and oxygen atoms in total. The predicted molar refractivity (Wildman–Crippen MR) is 127 cm³/mol. The lowest BCUT2D eigenvalue weighted by Crippen LogP contribution is -2.37. The first-order chi connectivity index (χ1) is 15.4. The Bertz CT molecular complexity index is 976. The number of aliphatic imine (C=N–C) groups is 1. The van der Waals surface area contributed by atoms with Gasteiger partial charge in [0.05, 0.1) is 31.2 Å². The lowest BCUT2D eigenvalue weighted by atomic mass is 10.0. The van der Waals surface area contributed by atoms with E-state index in [-0.39, 0.29) is 17.9 Å². The minimum Gasteiger partial charge on any atom is -0.400 e. The maximum absolute atomic E-state index is 8.20. The van der Waals surface area contributed by atoms with E-state index in [4.69, 9.17) is 26.0 Å². The predicted octanol–water partition coefficient (Wildman–Crippen LogP) is 1.81. The van der Waals surface area contributed by atoms with Gasteiger partial charge in [-0.05, 0) is 35.8 Å². The lowest BCUT2D eigenvalue weighted by Gasteiger charge is -2.27. The molecule has 0 atom stereocenters. The van der Waals surface area contributed by atoms with Crippen LogP contribution in [0.25, 0.3) is 0 Å². The van der Waals surface area contributed by atoms with Crippen LogP contribution in [0.2, 0.25) is 0 Å². The number of fused-ring (bicyclic) bond motifs is 1. The Morgan fingerprint density at radius 3 is 2.78 bits per heavy atom. The van der Waals surface area contributed by atoms with E-state index in [0.29, 0.717) is 31.3 Å². The van der Waals surface area contributed by atoms with E-state index in [1.54, 1.807) is 19.3 Å². The molecule has 0 radical (unpaired) electrons. The van der Waals surface area contributed by atoms with Gasteiger partial charge in [-0.25, -0.2) is 0 Å². The Hall–Kier alpha value is -3.43. The first kappa shape index (κ1) is 23.2. The van der Waals surface area contributed by atoms with Crippen LogP contribution in [-0.2, 0) is 9.47 Å². The standard InChI is InChI=1S/C23H31N7O2/c1-14(2)15(8-24)7-22(26)30-23-5-4-20-21(29-23)6-16(9-28-20)18(10-27-3)19(25)13-32-17-11-31-12-17/h4-10,14,17,24,28-29H,11-13,25H2,1-3H3,(H2,26,30). The van der Waals surface area contributed by atoms with Crippen molar-refractivity contribution in [2.24, 2.45) is 16.6 Å². The van der Waals surface area contributed by atoms with Gasteiger partial charge in [0.25, 0.3) is 0 Å². The van der Waals surface area contributed by atoms with Gasteiger partial charge in [0.2, 0.25) is 0 Å². The largest absolute Gasteiger partial charge is 0.400 e. The normalized spacial score (nSPS) is 19.4. The molecule has 0 aliphatic carbocycles. The van der Waals surface area contributed by atoms with E-state index in [0.717, 1.165) is 28.1 Å². The molecule has 0 aromatic heterocycles. The zero-order valence-corrected chi connectivity index (χ0v) is 18.7. The summed E-state index contributed by atoms with van der Waals surface area (Å²) in [5.41, 5.74) is 11.1. The van der Waals surface area contributed by atoms with Gasteiger partial charge in [-0.15, -0.1) is 0 Å². The number of ether oxygens (including phenoxy) is 2. The van der Waals surface area contributed by atoms with E-state index in [2.05, 4.69) is 20.9 Å². The molecule has 1 saturated heterocycles. The second-order valence-corrected chi connectivity index (χ2v) is 7.87. The summed E-state index contributed by atoms with van der Waals surface area (Å²) in [5.74, 6) is 1.03. The highest BCUT2D eigenvalue weighted by Crippen LogP contribution is 2.23. The Balaban J connectivity index is 1.72. The van der Waals surface area contributed by atoms with Crippen molar-refractivity contribution in [2.45, 2.75) is 20.0 Å². The van der Waals surface area contributed by atoms with Gasteiger partial charge >= 0.3 is 0 Å². The van der Waals surface area contributed by atoms with Crippen molar-refractivity contribution in [2.75, 3.05) is 26.9 Å². The number of nitrogens with one attached hydrogen (secondary N) is 5. The quantitative estimate of drug-likeness (QED) is 0.240. The van der Waals surface area contributed by atoms with Gasteiger partial charge in [-0.3, -0.25) is 10.4 Å². The number of hydrogen-bond donors (Lipinski definition) is 6. The third-order valence-corrected chi connectivity index (χ3v) is 5.07. The summed E-state index contributed by atoms with van der Waals surface area (Å²) in [6.07, 6.45) is 12.4. The Morgan fingerprint density at radius 2 is 2.16 bits per heavy atom. The van der Waals surface area contributed by atoms with E-state index in [9.17, 15) is 0 Å². The average Bonchev–Trinajstić information content (AvgIpc) is 2.73. The molecular weight excluding hydrogens is 406 g/mol. The van der Waals surface area contributed by atoms with Crippen molar-refractivity contribution >= 4 is 18.3 Å². The molecule has 0 amide bonds. The van der Waals surface area contributed by atoms with Gasteiger partial charge in [-0.1, -0.05) is 13.8 Å². The Labute approximate surface area is 188 Å². The highest BCUT2D eigenvalue weighted by Gasteiger charge is 2.21. The van der Waals surface area contributed by atoms with E-state index in [1.807, 2.05) is 38.3 Å². The summed E-state index contributed by atoms with van der Waals surface area (Å²) in [6, 6.07) is 0. The highest BCUT2D eigenvalue weighted by molar-refractivity contribution is 5.97. The molecule has 170 valence electrons. The molecule has 0 aromatic carbocycles. The van der Waals surface area contributed by atoms with Crippen LogP contribution < -0.4 is 21.7 Å². The van der Waals surface area contributed by atoms with Gasteiger partial charge in [0.15, 0.2) is 0 Å². The first-order valence-corrected chi connectivity index (χ1v) is 10.5. The van der Waals surface area contributed by atoms with Crippen molar-refractivity contribution in [3.63, 3.8) is 0 Å². The van der Waals surface area contributed by atoms with Gasteiger partial charge in [0, 0.05) is 42.5 Å². The molecule has 0 spiro atoms. The van der Waals surface area contributed by atoms with Crippen LogP contribution in [0.4, 0.5) is 0 Å². The number of dihydropyridines is 2. The third kappa shape index (κ3) is 5.83. The summed E-state index contributed by atoms with van der Waals surface area (Å²) >= 11 is 0. The van der Waals surface area contributed by atoms with Crippen molar-refractivity contribution in [3.05, 3.63) is 70.1 Å². The molecule has 0 bridgehead atoms. The summed E-state index contributed by atoms with van der Waals surface area (Å²) in [6.45, 7) is 5.48. The average molecular weight is 438 g/mol. The van der Waals surface area contributed by atoms with Crippen LogP contribution in [0.5, 0.6) is 0 Å². The Morgan fingerprint density at radius 1 is 1.38 bits per heavy atom. The number of rotatable bonds is 9. The maximum atomic E-state index is 8.20. The van der Waals surface area contributed by atoms with E-state index < -0.39 is 0 Å². The fourth-order valence-electron chi connectivity index (χ4n) is 3.12. The van der Waals surface area contributed by atoms with Crippen LogP contribution >= 0.6 is 0 Å². The minimum absolute atomic E-state index is 0.0896. The molecule has 0 saturated carbocycles. The lowest BCUT2D eigenvalue weighted by molar-refractivity contribution is -0.124. The van der Waals surface area contributed by atoms with E-state index >= 15 is 0 Å². The number of nitrogens with zero attached hydrogens (tertiary/aromatic N) is 1. The number of nitrogens with two attached hydrogens (primary N) is 1. The molecule has 3 aliphatic heterocycles. The van der Waals surface area contributed by atoms with Crippen LogP contribution in [0, 0.1) is 16.7 Å². The zero-order chi connectivity index (χ0) is 23.1. The molecule has 3 rings (SSSR count). The summed E-state index contributed by atoms with van der Waals surface area (Å²) in [5, 5.41) is 25.3. The van der Waals surface area contributed by atoms with Crippen LogP contribution in [0.15, 0.2) is 75.1 Å². The second-order valence-electron chi connectivity index (χ2n) is 7.87. The van der Waals surface area contributed by atoms with Crippen LogP contribution in [0.1, 0.15) is 13.8 Å². The maximum Gasteiger partial charge on any atom is 0.123 e. The van der Waals surface area contributed by atoms with Gasteiger partial charge in [0.1, 0.15) is 17.8 Å². The molecule has 3 heterocycles. The van der Waals surface area contributed by atoms with Crippen molar-refractivity contribution in [3.8, 4) is 0 Å². The summed E-state index contributed by atoms with van der Waals surface area (Å²) in [4.78, 5) is 4.15. The highest BCUT2D eigenvalue weighted by atomic mass is 16.6. The van der Waals surface area contributed by atoms with Crippen LogP contribution in [-0.4, -0.2) is 51.2 Å².